The monoisotopic (exact) mass is 406 g/mol. The summed E-state index contributed by atoms with van der Waals surface area (Å²) in [5, 5.41) is 3.09. The van der Waals surface area contributed by atoms with Gasteiger partial charge in [0.25, 0.3) is 0 Å². The molecule has 1 amide bonds. The molecule has 1 atom stereocenters. The summed E-state index contributed by atoms with van der Waals surface area (Å²) in [4.78, 5) is 31.9. The average molecular weight is 406 g/mol. The van der Waals surface area contributed by atoms with E-state index in [4.69, 9.17) is 0 Å². The van der Waals surface area contributed by atoms with Crippen LogP contribution in [0.15, 0.2) is 55.2 Å². The number of amides is 1. The highest BCUT2D eigenvalue weighted by Gasteiger charge is 2.30. The van der Waals surface area contributed by atoms with E-state index in [1.54, 1.807) is 43.1 Å². The van der Waals surface area contributed by atoms with Crippen LogP contribution >= 0.6 is 0 Å². The van der Waals surface area contributed by atoms with Gasteiger partial charge in [-0.3, -0.25) is 14.8 Å². The highest BCUT2D eigenvalue weighted by Crippen LogP contribution is 2.32. The topological polar surface area (TPSA) is 83.9 Å². The molecule has 0 aliphatic carbocycles. The van der Waals surface area contributed by atoms with Crippen molar-refractivity contribution in [2.45, 2.75) is 38.1 Å². The molecule has 1 fully saturated rings. The summed E-state index contributed by atoms with van der Waals surface area (Å²) >= 11 is 0. The van der Waals surface area contributed by atoms with Gasteiger partial charge in [-0.25, -0.2) is 14.4 Å². The molecule has 0 radical (unpaired) electrons. The Kier molecular flexibility index (Phi) is 6.22. The van der Waals surface area contributed by atoms with Crippen LogP contribution < -0.4 is 5.32 Å². The van der Waals surface area contributed by atoms with Gasteiger partial charge < -0.3 is 10.2 Å². The minimum absolute atomic E-state index is 0.0700. The Morgan fingerprint density at radius 1 is 1.10 bits per heavy atom. The minimum atomic E-state index is -0.244. The average Bonchev–Trinajstić information content (AvgIpc) is 3.26. The Morgan fingerprint density at radius 2 is 1.93 bits per heavy atom. The second kappa shape index (κ2) is 9.39. The second-order valence-corrected chi connectivity index (χ2v) is 7.27. The van der Waals surface area contributed by atoms with Crippen LogP contribution in [0.5, 0.6) is 0 Å². The van der Waals surface area contributed by atoms with Crippen LogP contribution in [0.1, 0.15) is 43.0 Å². The molecule has 1 aliphatic heterocycles. The maximum Gasteiger partial charge on any atom is 0.223 e. The van der Waals surface area contributed by atoms with Crippen LogP contribution in [0, 0.1) is 5.82 Å². The molecule has 154 valence electrons. The lowest BCUT2D eigenvalue weighted by molar-refractivity contribution is -0.132. The van der Waals surface area contributed by atoms with E-state index in [9.17, 15) is 9.18 Å². The van der Waals surface area contributed by atoms with Gasteiger partial charge in [-0.05, 0) is 43.4 Å². The first-order chi connectivity index (χ1) is 14.7. The molecule has 0 bridgehead atoms. The first kappa shape index (κ1) is 19.9. The van der Waals surface area contributed by atoms with Crippen LogP contribution in [0.25, 0.3) is 0 Å². The van der Waals surface area contributed by atoms with Crippen molar-refractivity contribution in [3.8, 4) is 0 Å². The van der Waals surface area contributed by atoms with Gasteiger partial charge in [0.15, 0.2) is 0 Å². The van der Waals surface area contributed by atoms with Gasteiger partial charge in [-0.15, -0.1) is 0 Å². The van der Waals surface area contributed by atoms with Crippen LogP contribution in [0.3, 0.4) is 0 Å². The van der Waals surface area contributed by atoms with E-state index >= 15 is 0 Å². The summed E-state index contributed by atoms with van der Waals surface area (Å²) in [5.74, 6) is 1.04. The largest absolute Gasteiger partial charge is 0.334 e. The predicted octanol–water partition coefficient (Wildman–Crippen LogP) is 3.84. The lowest BCUT2D eigenvalue weighted by Crippen LogP contribution is -2.31. The predicted molar refractivity (Wildman–Crippen MR) is 110 cm³/mol. The molecule has 3 aromatic rings. The van der Waals surface area contributed by atoms with Crippen molar-refractivity contribution in [2.24, 2.45) is 0 Å². The minimum Gasteiger partial charge on any atom is -0.334 e. The van der Waals surface area contributed by atoms with Crippen molar-refractivity contribution >= 4 is 17.5 Å². The van der Waals surface area contributed by atoms with E-state index < -0.39 is 0 Å². The van der Waals surface area contributed by atoms with Crippen LogP contribution in [-0.4, -0.2) is 37.3 Å². The highest BCUT2D eigenvalue weighted by molar-refractivity contribution is 5.77. The van der Waals surface area contributed by atoms with Gasteiger partial charge in [0.1, 0.15) is 17.5 Å². The van der Waals surface area contributed by atoms with Crippen LogP contribution in [0.4, 0.5) is 16.0 Å². The van der Waals surface area contributed by atoms with Gasteiger partial charge in [-0.2, -0.15) is 0 Å². The first-order valence-electron chi connectivity index (χ1n) is 10.1. The zero-order valence-corrected chi connectivity index (χ0v) is 16.5. The number of likely N-dealkylation sites (tertiary alicyclic amines) is 1. The summed E-state index contributed by atoms with van der Waals surface area (Å²) in [7, 11) is 0. The van der Waals surface area contributed by atoms with Crippen molar-refractivity contribution in [3.63, 3.8) is 0 Å². The zero-order chi connectivity index (χ0) is 20.8. The molecule has 0 saturated carbocycles. The number of aromatic nitrogens is 4. The van der Waals surface area contributed by atoms with Crippen LogP contribution in [0.2, 0.25) is 0 Å². The molecule has 4 rings (SSSR count). The van der Waals surface area contributed by atoms with Crippen LogP contribution in [-0.2, 0) is 11.2 Å². The zero-order valence-electron chi connectivity index (χ0n) is 16.5. The molecule has 30 heavy (non-hydrogen) atoms. The number of aryl methyl sites for hydroxylation is 1. The molecule has 0 unspecified atom stereocenters. The van der Waals surface area contributed by atoms with Crippen molar-refractivity contribution in [3.05, 3.63) is 72.3 Å². The molecule has 8 heteroatoms. The molecule has 1 aromatic carbocycles. The number of halogens is 1. The van der Waals surface area contributed by atoms with Crippen molar-refractivity contribution < 1.29 is 9.18 Å². The number of hydrogen-bond donors (Lipinski definition) is 1. The highest BCUT2D eigenvalue weighted by atomic mass is 19.1. The van der Waals surface area contributed by atoms with Crippen molar-refractivity contribution in [1.82, 2.24) is 24.8 Å². The summed E-state index contributed by atoms with van der Waals surface area (Å²) in [6.07, 6.45) is 11.9. The Morgan fingerprint density at radius 3 is 2.73 bits per heavy atom. The van der Waals surface area contributed by atoms with E-state index in [1.807, 2.05) is 4.90 Å². The number of hydrogen-bond acceptors (Lipinski definition) is 6. The molecule has 1 saturated heterocycles. The van der Waals surface area contributed by atoms with Crippen molar-refractivity contribution in [1.29, 1.82) is 0 Å². The summed E-state index contributed by atoms with van der Waals surface area (Å²) in [5.41, 5.74) is 1.81. The van der Waals surface area contributed by atoms with Gasteiger partial charge in [0, 0.05) is 25.4 Å². The molecular weight excluding hydrogens is 383 g/mol. The van der Waals surface area contributed by atoms with E-state index in [0.717, 1.165) is 43.5 Å². The SMILES string of the molecule is O=C(CCCc1ccc(F)cc1)N1CCC[C@H]1c1cncc(Nc2cnccn2)n1. The number of carbonyl (C=O) groups is 1. The number of anilines is 2. The summed E-state index contributed by atoms with van der Waals surface area (Å²) in [6, 6.07) is 6.37. The van der Waals surface area contributed by atoms with E-state index in [0.29, 0.717) is 18.1 Å². The van der Waals surface area contributed by atoms with E-state index in [2.05, 4.69) is 25.3 Å². The number of rotatable bonds is 7. The molecule has 0 spiro atoms. The Labute approximate surface area is 174 Å². The van der Waals surface area contributed by atoms with Gasteiger partial charge in [0.2, 0.25) is 5.91 Å². The lowest BCUT2D eigenvalue weighted by atomic mass is 10.1. The smallest absolute Gasteiger partial charge is 0.223 e. The number of nitrogens with zero attached hydrogens (tertiary/aromatic N) is 5. The number of nitrogens with one attached hydrogen (secondary N) is 1. The third kappa shape index (κ3) is 4.94. The fraction of sp³-hybridized carbons (Fsp3) is 0.318. The third-order valence-electron chi connectivity index (χ3n) is 5.16. The lowest BCUT2D eigenvalue weighted by Gasteiger charge is -2.24. The normalized spacial score (nSPS) is 15.9. The van der Waals surface area contributed by atoms with E-state index in [1.165, 1.54) is 12.1 Å². The van der Waals surface area contributed by atoms with Gasteiger partial charge in [-0.1, -0.05) is 12.1 Å². The molecule has 2 aromatic heterocycles. The van der Waals surface area contributed by atoms with Gasteiger partial charge >= 0.3 is 0 Å². The van der Waals surface area contributed by atoms with E-state index in [-0.39, 0.29) is 17.8 Å². The van der Waals surface area contributed by atoms with Gasteiger partial charge in [0.05, 0.1) is 30.3 Å². The maximum absolute atomic E-state index is 13.0. The number of carbonyl (C=O) groups excluding carboxylic acids is 1. The maximum atomic E-state index is 13.0. The summed E-state index contributed by atoms with van der Waals surface area (Å²) < 4.78 is 13.0. The fourth-order valence-electron chi connectivity index (χ4n) is 3.71. The number of benzene rings is 1. The Bertz CT molecular complexity index is 982. The second-order valence-electron chi connectivity index (χ2n) is 7.27. The molecule has 1 N–H and O–H groups in total. The molecular formula is C22H23FN6O. The first-order valence-corrected chi connectivity index (χ1v) is 10.1. The quantitative estimate of drug-likeness (QED) is 0.642. The molecule has 3 heterocycles. The standard InChI is InChI=1S/C22H23FN6O/c23-17-8-6-16(7-9-17)3-1-5-22(30)29-12-2-4-19(29)18-13-25-15-21(27-18)28-20-14-24-10-11-26-20/h6-11,13-15,19H,1-5,12H2,(H,26,27,28)/t19-/m0/s1. The molecule has 1 aliphatic rings. The third-order valence-corrected chi connectivity index (χ3v) is 5.16. The Balaban J connectivity index is 1.37. The molecule has 7 nitrogen and oxygen atoms in total. The fourth-order valence-corrected chi connectivity index (χ4v) is 3.71. The van der Waals surface area contributed by atoms with Crippen molar-refractivity contribution in [2.75, 3.05) is 11.9 Å². The Hall–Kier alpha value is -3.42. The summed E-state index contributed by atoms with van der Waals surface area (Å²) in [6.45, 7) is 0.726.